The summed E-state index contributed by atoms with van der Waals surface area (Å²) in [5.41, 5.74) is 2.16. The molecule has 5 nitrogen and oxygen atoms in total. The number of hydrogen-bond acceptors (Lipinski definition) is 4. The molecular weight excluding hydrogens is 210 g/mol. The van der Waals surface area contributed by atoms with Crippen LogP contribution in [0.25, 0.3) is 0 Å². The predicted molar refractivity (Wildman–Crippen MR) is 58.0 cm³/mol. The van der Waals surface area contributed by atoms with Gasteiger partial charge in [0.2, 0.25) is 0 Å². The maximum absolute atomic E-state index is 11.5. The van der Waals surface area contributed by atoms with Gasteiger partial charge in [0.25, 0.3) is 5.91 Å². The smallest absolute Gasteiger partial charge is 0.278 e. The van der Waals surface area contributed by atoms with Crippen LogP contribution in [0.2, 0.25) is 0 Å². The van der Waals surface area contributed by atoms with E-state index in [9.17, 15) is 15.0 Å². The highest BCUT2D eigenvalue weighted by atomic mass is 16.6. The SMILES string of the molecule is CC(C)CONC(=O)c1cccc(O)c1O. The van der Waals surface area contributed by atoms with Crippen molar-refractivity contribution < 1.29 is 19.8 Å². The molecule has 0 aliphatic heterocycles. The van der Waals surface area contributed by atoms with E-state index >= 15 is 0 Å². The number of hydroxylamine groups is 1. The van der Waals surface area contributed by atoms with Gasteiger partial charge in [-0.05, 0) is 18.1 Å². The summed E-state index contributed by atoms with van der Waals surface area (Å²) >= 11 is 0. The molecule has 0 bridgehead atoms. The van der Waals surface area contributed by atoms with Crippen LogP contribution in [-0.2, 0) is 4.84 Å². The number of amides is 1. The van der Waals surface area contributed by atoms with Crippen LogP contribution in [0.1, 0.15) is 24.2 Å². The van der Waals surface area contributed by atoms with Gasteiger partial charge in [0.1, 0.15) is 0 Å². The fourth-order valence-corrected chi connectivity index (χ4v) is 1.04. The molecular formula is C11H15NO4. The molecule has 1 aromatic rings. The third-order valence-electron chi connectivity index (χ3n) is 1.84. The van der Waals surface area contributed by atoms with Gasteiger partial charge in [-0.1, -0.05) is 19.9 Å². The van der Waals surface area contributed by atoms with Gasteiger partial charge >= 0.3 is 0 Å². The topological polar surface area (TPSA) is 78.8 Å². The molecule has 1 amide bonds. The molecule has 0 spiro atoms. The van der Waals surface area contributed by atoms with E-state index < -0.39 is 11.7 Å². The minimum absolute atomic E-state index is 0.0243. The van der Waals surface area contributed by atoms with Crippen molar-refractivity contribution in [3.05, 3.63) is 23.8 Å². The van der Waals surface area contributed by atoms with Gasteiger partial charge in [-0.25, -0.2) is 5.48 Å². The molecule has 0 radical (unpaired) electrons. The Morgan fingerprint density at radius 3 is 2.75 bits per heavy atom. The maximum atomic E-state index is 11.5. The quantitative estimate of drug-likeness (QED) is 0.534. The average Bonchev–Trinajstić information content (AvgIpc) is 2.21. The Kier molecular flexibility index (Phi) is 4.13. The third-order valence-corrected chi connectivity index (χ3v) is 1.84. The molecule has 0 saturated carbocycles. The Bertz CT molecular complexity index is 376. The van der Waals surface area contributed by atoms with Crippen LogP contribution in [0.15, 0.2) is 18.2 Å². The first kappa shape index (κ1) is 12.3. The van der Waals surface area contributed by atoms with E-state index in [4.69, 9.17) is 4.84 Å². The summed E-state index contributed by atoms with van der Waals surface area (Å²) in [5.74, 6) is -1.09. The Balaban J connectivity index is 2.63. The number of carbonyl (C=O) groups is 1. The van der Waals surface area contributed by atoms with Gasteiger partial charge < -0.3 is 10.2 Å². The molecule has 5 heteroatoms. The Morgan fingerprint density at radius 2 is 2.12 bits per heavy atom. The highest BCUT2D eigenvalue weighted by Crippen LogP contribution is 2.27. The third kappa shape index (κ3) is 3.13. The van der Waals surface area contributed by atoms with Crippen LogP contribution in [0.4, 0.5) is 0 Å². The second kappa shape index (κ2) is 5.37. The van der Waals surface area contributed by atoms with Crippen LogP contribution < -0.4 is 5.48 Å². The van der Waals surface area contributed by atoms with E-state index in [-0.39, 0.29) is 17.2 Å². The first-order valence-corrected chi connectivity index (χ1v) is 4.95. The molecule has 0 atom stereocenters. The summed E-state index contributed by atoms with van der Waals surface area (Å²) in [7, 11) is 0. The summed E-state index contributed by atoms with van der Waals surface area (Å²) in [6.45, 7) is 4.27. The van der Waals surface area contributed by atoms with Gasteiger partial charge in [0, 0.05) is 0 Å². The molecule has 0 unspecified atom stereocenters. The molecule has 0 heterocycles. The lowest BCUT2D eigenvalue weighted by Gasteiger charge is -2.09. The van der Waals surface area contributed by atoms with Crippen molar-refractivity contribution in [3.8, 4) is 11.5 Å². The normalized spacial score (nSPS) is 10.4. The number of rotatable bonds is 4. The molecule has 0 aromatic heterocycles. The van der Waals surface area contributed by atoms with Gasteiger partial charge in [-0.15, -0.1) is 0 Å². The van der Waals surface area contributed by atoms with E-state index in [1.165, 1.54) is 18.2 Å². The second-order valence-electron chi connectivity index (χ2n) is 3.81. The van der Waals surface area contributed by atoms with E-state index in [0.29, 0.717) is 6.61 Å². The lowest BCUT2D eigenvalue weighted by Crippen LogP contribution is -2.25. The Morgan fingerprint density at radius 1 is 1.44 bits per heavy atom. The minimum atomic E-state index is -0.589. The van der Waals surface area contributed by atoms with Gasteiger partial charge in [-0.2, -0.15) is 0 Å². The van der Waals surface area contributed by atoms with Gasteiger partial charge in [0.15, 0.2) is 11.5 Å². The highest BCUT2D eigenvalue weighted by Gasteiger charge is 2.13. The van der Waals surface area contributed by atoms with Gasteiger partial charge in [0.05, 0.1) is 12.2 Å². The van der Waals surface area contributed by atoms with E-state index in [2.05, 4.69) is 5.48 Å². The highest BCUT2D eigenvalue weighted by molar-refractivity contribution is 5.96. The lowest BCUT2D eigenvalue weighted by atomic mass is 10.2. The van der Waals surface area contributed by atoms with E-state index in [0.717, 1.165) is 0 Å². The Hall–Kier alpha value is -1.75. The lowest BCUT2D eigenvalue weighted by molar-refractivity contribution is 0.0206. The molecule has 3 N–H and O–H groups in total. The van der Waals surface area contributed by atoms with E-state index in [1.54, 1.807) is 0 Å². The van der Waals surface area contributed by atoms with E-state index in [1.807, 2.05) is 13.8 Å². The summed E-state index contributed by atoms with van der Waals surface area (Å²) in [6.07, 6.45) is 0. The van der Waals surface area contributed by atoms with Crippen molar-refractivity contribution >= 4 is 5.91 Å². The summed E-state index contributed by atoms with van der Waals surface area (Å²) in [6, 6.07) is 4.15. The number of hydrogen-bond donors (Lipinski definition) is 3. The molecule has 88 valence electrons. The first-order valence-electron chi connectivity index (χ1n) is 4.95. The van der Waals surface area contributed by atoms with Crippen LogP contribution in [0, 0.1) is 5.92 Å². The van der Waals surface area contributed by atoms with Gasteiger partial charge in [-0.3, -0.25) is 9.63 Å². The average molecular weight is 225 g/mol. The zero-order valence-electron chi connectivity index (χ0n) is 9.23. The fourth-order valence-electron chi connectivity index (χ4n) is 1.04. The van der Waals surface area contributed by atoms with Crippen LogP contribution in [0.5, 0.6) is 11.5 Å². The van der Waals surface area contributed by atoms with Crippen molar-refractivity contribution in [2.45, 2.75) is 13.8 Å². The number of benzene rings is 1. The summed E-state index contributed by atoms with van der Waals surface area (Å²) in [5, 5.41) is 18.6. The van der Waals surface area contributed by atoms with Crippen molar-refractivity contribution in [2.75, 3.05) is 6.61 Å². The number of nitrogens with one attached hydrogen (secondary N) is 1. The maximum Gasteiger partial charge on any atom is 0.278 e. The van der Waals surface area contributed by atoms with Crippen LogP contribution >= 0.6 is 0 Å². The number of aromatic hydroxyl groups is 2. The van der Waals surface area contributed by atoms with Crippen molar-refractivity contribution in [2.24, 2.45) is 5.92 Å². The number of phenolic OH excluding ortho intramolecular Hbond substituents is 2. The monoisotopic (exact) mass is 225 g/mol. The number of phenols is 2. The second-order valence-corrected chi connectivity index (χ2v) is 3.81. The molecule has 1 aromatic carbocycles. The molecule has 0 aliphatic carbocycles. The molecule has 0 fully saturated rings. The largest absolute Gasteiger partial charge is 0.504 e. The summed E-state index contributed by atoms with van der Waals surface area (Å²) in [4.78, 5) is 16.4. The van der Waals surface area contributed by atoms with Crippen molar-refractivity contribution in [3.63, 3.8) is 0 Å². The fraction of sp³-hybridized carbons (Fsp3) is 0.364. The van der Waals surface area contributed by atoms with Crippen molar-refractivity contribution in [1.29, 1.82) is 0 Å². The standard InChI is InChI=1S/C11H15NO4/c1-7(2)6-16-12-11(15)8-4-3-5-9(13)10(8)14/h3-5,7,13-14H,6H2,1-2H3,(H,12,15). The van der Waals surface area contributed by atoms with Crippen LogP contribution in [0.3, 0.4) is 0 Å². The molecule has 16 heavy (non-hydrogen) atoms. The summed E-state index contributed by atoms with van der Waals surface area (Å²) < 4.78 is 0. The van der Waals surface area contributed by atoms with Crippen LogP contribution in [-0.4, -0.2) is 22.7 Å². The first-order chi connectivity index (χ1) is 7.52. The molecule has 0 saturated heterocycles. The molecule has 1 rings (SSSR count). The number of para-hydroxylation sites is 1. The minimum Gasteiger partial charge on any atom is -0.504 e. The predicted octanol–water partition coefficient (Wildman–Crippen LogP) is 1.42. The number of carbonyl (C=O) groups excluding carboxylic acids is 1. The molecule has 0 aliphatic rings. The van der Waals surface area contributed by atoms with Crippen molar-refractivity contribution in [1.82, 2.24) is 5.48 Å². The zero-order chi connectivity index (χ0) is 12.1. The Labute approximate surface area is 93.6 Å². The zero-order valence-corrected chi connectivity index (χ0v) is 9.23.